The van der Waals surface area contributed by atoms with E-state index in [4.69, 9.17) is 0 Å². The van der Waals surface area contributed by atoms with Crippen LogP contribution in [0.5, 0.6) is 0 Å². The average Bonchev–Trinajstić information content (AvgIpc) is 2.96. The van der Waals surface area contributed by atoms with Gasteiger partial charge in [0.25, 0.3) is 0 Å². The normalized spacial score (nSPS) is 11.8. The number of hydrogen-bond donors (Lipinski definition) is 1. The number of rotatable bonds is 6. The average molecular weight is 348 g/mol. The van der Waals surface area contributed by atoms with Crippen molar-refractivity contribution in [3.8, 4) is 0 Å². The topological polar surface area (TPSA) is 86.1 Å². The summed E-state index contributed by atoms with van der Waals surface area (Å²) in [5, 5.41) is 10.7. The Morgan fingerprint density at radius 3 is 2.62 bits per heavy atom. The second-order valence-corrected chi connectivity index (χ2v) is 6.35. The molecule has 8 heteroatoms. The summed E-state index contributed by atoms with van der Waals surface area (Å²) < 4.78 is 6.40. The van der Waals surface area contributed by atoms with Crippen LogP contribution < -0.4 is 5.32 Å². The van der Waals surface area contributed by atoms with Crippen LogP contribution in [-0.2, 0) is 22.5 Å². The van der Waals surface area contributed by atoms with Crippen molar-refractivity contribution in [2.75, 3.05) is 7.11 Å². The number of carbonyl (C=O) groups excluding carboxylic acids is 2. The molecule has 2 aromatic rings. The molecule has 1 atom stereocenters. The molecule has 0 spiro atoms. The maximum Gasteiger partial charge on any atom is 0.413 e. The van der Waals surface area contributed by atoms with E-state index in [-0.39, 0.29) is 0 Å². The van der Waals surface area contributed by atoms with E-state index in [0.717, 1.165) is 11.4 Å². The lowest BCUT2D eigenvalue weighted by molar-refractivity contribution is -0.119. The Balaban J connectivity index is 2.08. The molecule has 2 amide bonds. The van der Waals surface area contributed by atoms with Gasteiger partial charge in [-0.25, -0.2) is 4.79 Å². The minimum absolute atomic E-state index is 0.429. The van der Waals surface area contributed by atoms with Crippen molar-refractivity contribution in [3.63, 3.8) is 0 Å². The van der Waals surface area contributed by atoms with Crippen LogP contribution in [-0.4, -0.2) is 39.1 Å². The number of amides is 2. The third kappa shape index (κ3) is 4.58. The van der Waals surface area contributed by atoms with E-state index in [1.807, 2.05) is 41.8 Å². The minimum Gasteiger partial charge on any atom is -0.453 e. The van der Waals surface area contributed by atoms with Gasteiger partial charge in [-0.05, 0) is 19.4 Å². The highest BCUT2D eigenvalue weighted by Gasteiger charge is 2.21. The van der Waals surface area contributed by atoms with Gasteiger partial charge < -0.3 is 9.30 Å². The Kier molecular flexibility index (Phi) is 6.36. The third-order valence-electron chi connectivity index (χ3n) is 3.38. The van der Waals surface area contributed by atoms with Gasteiger partial charge in [0, 0.05) is 13.0 Å². The minimum atomic E-state index is -0.769. The SMILES string of the molecule is CCn1c(Cc2ccccc2)nnc1S[C@H](C)C(=O)NC(=O)OC. The van der Waals surface area contributed by atoms with Gasteiger partial charge >= 0.3 is 6.09 Å². The zero-order chi connectivity index (χ0) is 17.5. The van der Waals surface area contributed by atoms with E-state index in [0.29, 0.717) is 18.1 Å². The first kappa shape index (κ1) is 18.0. The maximum absolute atomic E-state index is 11.9. The molecule has 0 aliphatic carbocycles. The zero-order valence-electron chi connectivity index (χ0n) is 13.9. The molecule has 1 N–H and O–H groups in total. The van der Waals surface area contributed by atoms with Crippen molar-refractivity contribution in [2.45, 2.75) is 37.2 Å². The number of hydrogen-bond acceptors (Lipinski definition) is 6. The van der Waals surface area contributed by atoms with E-state index in [1.54, 1.807) is 6.92 Å². The lowest BCUT2D eigenvalue weighted by Crippen LogP contribution is -2.36. The lowest BCUT2D eigenvalue weighted by atomic mass is 10.1. The summed E-state index contributed by atoms with van der Waals surface area (Å²) in [6.07, 6.45) is -0.0977. The molecule has 0 saturated heterocycles. The Labute approximate surface area is 144 Å². The number of carbonyl (C=O) groups is 2. The molecule has 128 valence electrons. The van der Waals surface area contributed by atoms with Crippen LogP contribution in [0.1, 0.15) is 25.2 Å². The van der Waals surface area contributed by atoms with E-state index in [2.05, 4.69) is 20.3 Å². The number of alkyl carbamates (subject to hydrolysis) is 1. The first-order valence-electron chi connectivity index (χ1n) is 7.56. The molecule has 0 aliphatic rings. The molecule has 2 rings (SSSR count). The first-order valence-corrected chi connectivity index (χ1v) is 8.44. The van der Waals surface area contributed by atoms with E-state index in [9.17, 15) is 9.59 Å². The zero-order valence-corrected chi connectivity index (χ0v) is 14.7. The second kappa shape index (κ2) is 8.49. The molecule has 0 aliphatic heterocycles. The molecular weight excluding hydrogens is 328 g/mol. The summed E-state index contributed by atoms with van der Waals surface area (Å²) >= 11 is 1.26. The largest absolute Gasteiger partial charge is 0.453 e. The standard InChI is InChI=1S/C16H20N4O3S/c1-4-20-13(10-12-8-6-5-7-9-12)18-19-15(20)24-11(2)14(21)17-16(22)23-3/h5-9,11H,4,10H2,1-3H3,(H,17,21,22)/t11-/m1/s1. The van der Waals surface area contributed by atoms with Gasteiger partial charge in [0.05, 0.1) is 12.4 Å². The quantitative estimate of drug-likeness (QED) is 0.806. The van der Waals surface area contributed by atoms with Gasteiger partial charge in [0.1, 0.15) is 5.82 Å². The highest BCUT2D eigenvalue weighted by molar-refractivity contribution is 8.00. The van der Waals surface area contributed by atoms with Crippen LogP contribution in [0.2, 0.25) is 0 Å². The lowest BCUT2D eigenvalue weighted by Gasteiger charge is -2.11. The molecule has 0 unspecified atom stereocenters. The predicted octanol–water partition coefficient (Wildman–Crippen LogP) is 2.25. The van der Waals surface area contributed by atoms with Gasteiger partial charge in [0.2, 0.25) is 5.91 Å². The fraction of sp³-hybridized carbons (Fsp3) is 0.375. The van der Waals surface area contributed by atoms with E-state index < -0.39 is 17.3 Å². The highest BCUT2D eigenvalue weighted by atomic mass is 32.2. The van der Waals surface area contributed by atoms with Crippen molar-refractivity contribution in [2.24, 2.45) is 0 Å². The molecule has 1 heterocycles. The van der Waals surface area contributed by atoms with Crippen LogP contribution in [0.15, 0.2) is 35.5 Å². The molecule has 1 aromatic carbocycles. The van der Waals surface area contributed by atoms with Crippen molar-refractivity contribution < 1.29 is 14.3 Å². The van der Waals surface area contributed by atoms with Gasteiger partial charge in [0.15, 0.2) is 5.16 Å². The number of benzene rings is 1. The second-order valence-electron chi connectivity index (χ2n) is 5.05. The smallest absolute Gasteiger partial charge is 0.413 e. The number of thioether (sulfide) groups is 1. The Hall–Kier alpha value is -2.35. The van der Waals surface area contributed by atoms with E-state index in [1.165, 1.54) is 18.9 Å². The fourth-order valence-electron chi connectivity index (χ4n) is 2.10. The predicted molar refractivity (Wildman–Crippen MR) is 90.8 cm³/mol. The van der Waals surface area contributed by atoms with E-state index >= 15 is 0 Å². The van der Waals surface area contributed by atoms with Crippen LogP contribution in [0.4, 0.5) is 4.79 Å². The molecule has 0 fully saturated rings. The number of aromatic nitrogens is 3. The van der Waals surface area contributed by atoms with Crippen molar-refractivity contribution in [1.29, 1.82) is 0 Å². The summed E-state index contributed by atoms with van der Waals surface area (Å²) in [6, 6.07) is 10.0. The summed E-state index contributed by atoms with van der Waals surface area (Å²) in [6.45, 7) is 4.40. The Morgan fingerprint density at radius 2 is 2.00 bits per heavy atom. The Bertz CT molecular complexity index is 703. The number of ether oxygens (including phenoxy) is 1. The van der Waals surface area contributed by atoms with Gasteiger partial charge in [-0.1, -0.05) is 42.1 Å². The molecule has 0 bridgehead atoms. The first-order chi connectivity index (χ1) is 11.5. The summed E-state index contributed by atoms with van der Waals surface area (Å²) in [4.78, 5) is 23.0. The van der Waals surface area contributed by atoms with Crippen LogP contribution in [0.25, 0.3) is 0 Å². The van der Waals surface area contributed by atoms with Crippen molar-refractivity contribution in [1.82, 2.24) is 20.1 Å². The summed E-state index contributed by atoms with van der Waals surface area (Å²) in [5.74, 6) is 0.411. The fourth-order valence-corrected chi connectivity index (χ4v) is 3.03. The summed E-state index contributed by atoms with van der Waals surface area (Å²) in [7, 11) is 1.21. The molecule has 0 saturated carbocycles. The monoisotopic (exact) mass is 348 g/mol. The molecule has 1 aromatic heterocycles. The number of nitrogens with one attached hydrogen (secondary N) is 1. The van der Waals surface area contributed by atoms with Crippen molar-refractivity contribution >= 4 is 23.8 Å². The van der Waals surface area contributed by atoms with Gasteiger partial charge in [-0.3, -0.25) is 10.1 Å². The van der Waals surface area contributed by atoms with Gasteiger partial charge in [-0.2, -0.15) is 0 Å². The molecule has 24 heavy (non-hydrogen) atoms. The molecule has 0 radical (unpaired) electrons. The van der Waals surface area contributed by atoms with Gasteiger partial charge in [-0.15, -0.1) is 10.2 Å². The highest BCUT2D eigenvalue weighted by Crippen LogP contribution is 2.23. The maximum atomic E-state index is 11.9. The van der Waals surface area contributed by atoms with Crippen LogP contribution >= 0.6 is 11.8 Å². The number of imide groups is 1. The van der Waals surface area contributed by atoms with Crippen LogP contribution in [0.3, 0.4) is 0 Å². The summed E-state index contributed by atoms with van der Waals surface area (Å²) in [5.41, 5.74) is 1.15. The van der Waals surface area contributed by atoms with Crippen LogP contribution in [0, 0.1) is 0 Å². The number of nitrogens with zero attached hydrogens (tertiary/aromatic N) is 3. The molecular formula is C16H20N4O3S. The Morgan fingerprint density at radius 1 is 1.29 bits per heavy atom. The number of methoxy groups -OCH3 is 1. The van der Waals surface area contributed by atoms with Crippen molar-refractivity contribution in [3.05, 3.63) is 41.7 Å². The third-order valence-corrected chi connectivity index (χ3v) is 4.46. The molecule has 7 nitrogen and oxygen atoms in total.